The first-order valence-electron chi connectivity index (χ1n) is 9.18. The van der Waals surface area contributed by atoms with Crippen molar-refractivity contribution in [2.75, 3.05) is 0 Å². The number of sulfone groups is 1. The van der Waals surface area contributed by atoms with Crippen LogP contribution in [0.3, 0.4) is 0 Å². The predicted molar refractivity (Wildman–Crippen MR) is 123 cm³/mol. The molecule has 0 spiro atoms. The van der Waals surface area contributed by atoms with Crippen LogP contribution in [0.1, 0.15) is 32.7 Å². The van der Waals surface area contributed by atoms with Gasteiger partial charge in [0, 0.05) is 27.6 Å². The molecule has 0 radical (unpaired) electrons. The smallest absolute Gasteiger partial charge is 0.189 e. The van der Waals surface area contributed by atoms with Gasteiger partial charge in [0.2, 0.25) is 0 Å². The molecule has 4 nitrogen and oxygen atoms in total. The van der Waals surface area contributed by atoms with Crippen molar-refractivity contribution in [2.24, 2.45) is 0 Å². The molecule has 31 heavy (non-hydrogen) atoms. The first kappa shape index (κ1) is 23.5. The summed E-state index contributed by atoms with van der Waals surface area (Å²) in [5.74, 6) is -1.28. The summed E-state index contributed by atoms with van der Waals surface area (Å²) in [7, 11) is -4.17. The van der Waals surface area contributed by atoms with E-state index in [2.05, 4.69) is 0 Å². The van der Waals surface area contributed by atoms with Gasteiger partial charge in [-0.15, -0.1) is 0 Å². The van der Waals surface area contributed by atoms with Crippen LogP contribution in [-0.4, -0.2) is 25.2 Å². The minimum atomic E-state index is -4.17. The second-order valence-electron chi connectivity index (χ2n) is 6.97. The number of Topliss-reactive ketones (excluding diaryl/α,β-unsaturated/α-hetero) is 2. The molecule has 0 N–H and O–H groups in total. The lowest BCUT2D eigenvalue weighted by Gasteiger charge is -2.17. The Morgan fingerprint density at radius 1 is 0.839 bits per heavy atom. The largest absolute Gasteiger partial charge is 0.294 e. The topological polar surface area (TPSA) is 68.3 Å². The van der Waals surface area contributed by atoms with Crippen molar-refractivity contribution in [3.8, 4) is 0 Å². The van der Waals surface area contributed by atoms with Crippen molar-refractivity contribution in [3.05, 3.63) is 98.5 Å². The van der Waals surface area contributed by atoms with E-state index in [-0.39, 0.29) is 21.0 Å². The predicted octanol–water partition coefficient (Wildman–Crippen LogP) is 6.25. The van der Waals surface area contributed by atoms with Gasteiger partial charge in [-0.2, -0.15) is 0 Å². The summed E-state index contributed by atoms with van der Waals surface area (Å²) in [6, 6.07) is 16.2. The molecule has 160 valence electrons. The minimum Gasteiger partial charge on any atom is -0.294 e. The molecule has 0 fully saturated rings. The number of hydrogen-bond acceptors (Lipinski definition) is 4. The van der Waals surface area contributed by atoms with E-state index in [9.17, 15) is 18.0 Å². The maximum atomic E-state index is 13.4. The molecule has 3 aromatic rings. The van der Waals surface area contributed by atoms with Crippen LogP contribution >= 0.6 is 34.8 Å². The molecular weight excluding hydrogens is 479 g/mol. The Labute approximate surface area is 195 Å². The number of rotatable bonds is 7. The molecule has 0 aliphatic carbocycles. The highest BCUT2D eigenvalue weighted by Gasteiger charge is 2.37. The molecule has 0 saturated carbocycles. The molecule has 3 aromatic carbocycles. The number of carbonyl (C=O) groups excluding carboxylic acids is 2. The van der Waals surface area contributed by atoms with E-state index >= 15 is 0 Å². The fourth-order valence-corrected chi connectivity index (χ4v) is 5.30. The SMILES string of the molecule is Cc1ccc(S(=O)(=O)[C@H](CC(=O)c2ccc(Cl)cc2Cl)C(=O)c2ccc(Cl)cc2)cc1. The van der Waals surface area contributed by atoms with E-state index in [1.807, 2.05) is 6.92 Å². The van der Waals surface area contributed by atoms with Crippen LogP contribution in [0.15, 0.2) is 71.6 Å². The van der Waals surface area contributed by atoms with Gasteiger partial charge in [-0.05, 0) is 61.5 Å². The molecule has 0 heterocycles. The number of aryl methyl sites for hydroxylation is 1. The number of halogens is 3. The monoisotopic (exact) mass is 494 g/mol. The Balaban J connectivity index is 2.05. The van der Waals surface area contributed by atoms with Gasteiger partial charge < -0.3 is 0 Å². The molecule has 0 unspecified atom stereocenters. The highest BCUT2D eigenvalue weighted by molar-refractivity contribution is 7.92. The van der Waals surface area contributed by atoms with Crippen LogP contribution in [0, 0.1) is 6.92 Å². The van der Waals surface area contributed by atoms with Gasteiger partial charge in [-0.25, -0.2) is 8.42 Å². The van der Waals surface area contributed by atoms with Crippen molar-refractivity contribution in [3.63, 3.8) is 0 Å². The van der Waals surface area contributed by atoms with Crippen molar-refractivity contribution in [2.45, 2.75) is 23.5 Å². The highest BCUT2D eigenvalue weighted by Crippen LogP contribution is 2.27. The third kappa shape index (κ3) is 5.36. The highest BCUT2D eigenvalue weighted by atomic mass is 35.5. The van der Waals surface area contributed by atoms with E-state index in [1.165, 1.54) is 54.6 Å². The van der Waals surface area contributed by atoms with Crippen molar-refractivity contribution in [1.82, 2.24) is 0 Å². The molecule has 0 aliphatic heterocycles. The van der Waals surface area contributed by atoms with E-state index < -0.39 is 33.1 Å². The molecule has 0 saturated heterocycles. The third-order valence-electron chi connectivity index (χ3n) is 4.75. The van der Waals surface area contributed by atoms with E-state index in [1.54, 1.807) is 12.1 Å². The van der Waals surface area contributed by atoms with Crippen molar-refractivity contribution < 1.29 is 18.0 Å². The molecule has 0 aromatic heterocycles. The molecule has 1 atom stereocenters. The Morgan fingerprint density at radius 3 is 2.00 bits per heavy atom. The molecule has 0 amide bonds. The fourth-order valence-electron chi connectivity index (χ4n) is 3.03. The van der Waals surface area contributed by atoms with Crippen LogP contribution in [0.25, 0.3) is 0 Å². The quantitative estimate of drug-likeness (QED) is 0.363. The van der Waals surface area contributed by atoms with Gasteiger partial charge in [-0.1, -0.05) is 52.5 Å². The van der Waals surface area contributed by atoms with Crippen molar-refractivity contribution >= 4 is 56.2 Å². The summed E-state index contributed by atoms with van der Waals surface area (Å²) in [5.41, 5.74) is 1.10. The van der Waals surface area contributed by atoms with Crippen LogP contribution in [-0.2, 0) is 9.84 Å². The van der Waals surface area contributed by atoms with Gasteiger partial charge in [-0.3, -0.25) is 9.59 Å². The zero-order valence-corrected chi connectivity index (χ0v) is 19.4. The molecule has 0 aliphatic rings. The molecule has 8 heteroatoms. The second-order valence-corrected chi connectivity index (χ2v) is 10.4. The number of hydrogen-bond donors (Lipinski definition) is 0. The maximum absolute atomic E-state index is 13.4. The Bertz CT molecular complexity index is 1230. The Hall–Kier alpha value is -2.18. The summed E-state index contributed by atoms with van der Waals surface area (Å²) in [6.45, 7) is 1.82. The second kappa shape index (κ2) is 9.53. The summed E-state index contributed by atoms with van der Waals surface area (Å²) >= 11 is 17.9. The lowest BCUT2D eigenvalue weighted by molar-refractivity contribution is 0.0921. The first-order valence-corrected chi connectivity index (χ1v) is 11.9. The van der Waals surface area contributed by atoms with E-state index in [4.69, 9.17) is 34.8 Å². The zero-order valence-electron chi connectivity index (χ0n) is 16.3. The number of carbonyl (C=O) groups is 2. The van der Waals surface area contributed by atoms with Crippen molar-refractivity contribution in [1.29, 1.82) is 0 Å². The van der Waals surface area contributed by atoms with Gasteiger partial charge >= 0.3 is 0 Å². The summed E-state index contributed by atoms with van der Waals surface area (Å²) in [6.07, 6.45) is -0.570. The summed E-state index contributed by atoms with van der Waals surface area (Å²) in [4.78, 5) is 26.1. The van der Waals surface area contributed by atoms with E-state index in [0.29, 0.717) is 10.0 Å². The van der Waals surface area contributed by atoms with Crippen LogP contribution in [0.4, 0.5) is 0 Å². The normalized spacial score (nSPS) is 12.4. The first-order chi connectivity index (χ1) is 14.6. The van der Waals surface area contributed by atoms with Gasteiger partial charge in [0.15, 0.2) is 21.4 Å². The lowest BCUT2D eigenvalue weighted by atomic mass is 10.0. The Morgan fingerprint density at radius 2 is 1.42 bits per heavy atom. The maximum Gasteiger partial charge on any atom is 0.189 e. The van der Waals surface area contributed by atoms with Crippen LogP contribution in [0.2, 0.25) is 15.1 Å². The van der Waals surface area contributed by atoms with Crippen LogP contribution in [0.5, 0.6) is 0 Å². The minimum absolute atomic E-state index is 0.0413. The lowest BCUT2D eigenvalue weighted by Crippen LogP contribution is -2.33. The number of benzene rings is 3. The summed E-state index contributed by atoms with van der Waals surface area (Å²) in [5, 5.41) is -0.806. The standard InChI is InChI=1S/C23H17Cl3O4S/c1-14-2-9-18(10-3-14)31(29,30)22(23(28)15-4-6-16(24)7-5-15)13-21(27)19-11-8-17(25)12-20(19)26/h2-12,22H,13H2,1H3/t22-/m1/s1. The Kier molecular flexibility index (Phi) is 7.22. The average Bonchev–Trinajstić information content (AvgIpc) is 2.72. The van der Waals surface area contributed by atoms with Gasteiger partial charge in [0.25, 0.3) is 0 Å². The molecule has 0 bridgehead atoms. The molecular formula is C23H17Cl3O4S. The third-order valence-corrected chi connectivity index (χ3v) is 7.61. The average molecular weight is 496 g/mol. The van der Waals surface area contributed by atoms with E-state index in [0.717, 1.165) is 5.56 Å². The fraction of sp³-hybridized carbons (Fsp3) is 0.130. The van der Waals surface area contributed by atoms with Crippen LogP contribution < -0.4 is 0 Å². The zero-order chi connectivity index (χ0) is 22.8. The number of ketones is 2. The summed E-state index contributed by atoms with van der Waals surface area (Å²) < 4.78 is 26.8. The van der Waals surface area contributed by atoms with Gasteiger partial charge in [0.05, 0.1) is 9.92 Å². The van der Waals surface area contributed by atoms with Gasteiger partial charge in [0.1, 0.15) is 5.25 Å². The molecule has 3 rings (SSSR count).